The number of ether oxygens (including phenoxy) is 2. The summed E-state index contributed by atoms with van der Waals surface area (Å²) in [7, 11) is 3.34. The van der Waals surface area contributed by atoms with Gasteiger partial charge in [-0.05, 0) is 37.0 Å². The van der Waals surface area contributed by atoms with Crippen LogP contribution in [0.5, 0.6) is 11.5 Å². The quantitative estimate of drug-likeness (QED) is 0.806. The minimum atomic E-state index is 0.378. The lowest BCUT2D eigenvalue weighted by Crippen LogP contribution is -2.13. The van der Waals surface area contributed by atoms with Crippen LogP contribution in [0.2, 0.25) is 0 Å². The monoisotopic (exact) mass is 234 g/mol. The second-order valence-electron chi connectivity index (χ2n) is 4.42. The number of carbonyl (C=O) groups excluding carboxylic acids is 1. The first-order valence-corrected chi connectivity index (χ1v) is 5.98. The highest BCUT2D eigenvalue weighted by Crippen LogP contribution is 2.38. The predicted molar refractivity (Wildman–Crippen MR) is 65.8 cm³/mol. The Morgan fingerprint density at radius 1 is 1.12 bits per heavy atom. The number of hydrogen-bond donors (Lipinski definition) is 0. The number of ketones is 1. The third-order valence-corrected chi connectivity index (χ3v) is 3.42. The topological polar surface area (TPSA) is 35.5 Å². The van der Waals surface area contributed by atoms with Gasteiger partial charge in [0.25, 0.3) is 0 Å². The molecule has 0 atom stereocenters. The summed E-state index contributed by atoms with van der Waals surface area (Å²) in [6, 6.07) is 5.86. The number of hydrogen-bond acceptors (Lipinski definition) is 3. The van der Waals surface area contributed by atoms with Crippen molar-refractivity contribution >= 4 is 5.78 Å². The van der Waals surface area contributed by atoms with Crippen LogP contribution < -0.4 is 9.47 Å². The smallest absolute Gasteiger partial charge is 0.132 e. The first-order chi connectivity index (χ1) is 8.24. The zero-order valence-corrected chi connectivity index (χ0v) is 10.4. The molecule has 3 nitrogen and oxygen atoms in total. The largest absolute Gasteiger partial charge is 0.497 e. The van der Waals surface area contributed by atoms with Gasteiger partial charge in [0.2, 0.25) is 0 Å². The third kappa shape index (κ3) is 2.60. The van der Waals surface area contributed by atoms with E-state index in [2.05, 4.69) is 0 Å². The Kier molecular flexibility index (Phi) is 3.67. The van der Waals surface area contributed by atoms with Crippen molar-refractivity contribution in [1.29, 1.82) is 0 Å². The zero-order chi connectivity index (χ0) is 12.3. The molecule has 0 bridgehead atoms. The van der Waals surface area contributed by atoms with Crippen LogP contribution in [-0.2, 0) is 4.79 Å². The molecule has 17 heavy (non-hydrogen) atoms. The van der Waals surface area contributed by atoms with E-state index in [0.717, 1.165) is 24.3 Å². The van der Waals surface area contributed by atoms with Gasteiger partial charge < -0.3 is 9.47 Å². The third-order valence-electron chi connectivity index (χ3n) is 3.42. The molecule has 0 amide bonds. The van der Waals surface area contributed by atoms with E-state index < -0.39 is 0 Å². The van der Waals surface area contributed by atoms with Gasteiger partial charge in [-0.15, -0.1) is 0 Å². The molecule has 1 aromatic rings. The number of methoxy groups -OCH3 is 2. The highest BCUT2D eigenvalue weighted by atomic mass is 16.5. The summed E-state index contributed by atoms with van der Waals surface area (Å²) in [5.74, 6) is 2.53. The van der Waals surface area contributed by atoms with Gasteiger partial charge in [0.1, 0.15) is 17.3 Å². The lowest BCUT2D eigenvalue weighted by molar-refractivity contribution is -0.120. The van der Waals surface area contributed by atoms with Crippen LogP contribution in [0.25, 0.3) is 0 Å². The summed E-state index contributed by atoms with van der Waals surface area (Å²) >= 11 is 0. The van der Waals surface area contributed by atoms with Crippen molar-refractivity contribution < 1.29 is 14.3 Å². The molecule has 0 N–H and O–H groups in total. The fraction of sp³-hybridized carbons (Fsp3) is 0.500. The fourth-order valence-corrected chi connectivity index (χ4v) is 2.41. The molecule has 1 aliphatic carbocycles. The van der Waals surface area contributed by atoms with E-state index in [0.29, 0.717) is 24.5 Å². The molecule has 92 valence electrons. The number of benzene rings is 1. The maximum absolute atomic E-state index is 11.3. The van der Waals surface area contributed by atoms with Gasteiger partial charge in [-0.25, -0.2) is 0 Å². The average Bonchev–Trinajstić information content (AvgIpc) is 2.39. The first kappa shape index (κ1) is 12.0. The highest BCUT2D eigenvalue weighted by Gasteiger charge is 2.23. The predicted octanol–water partition coefficient (Wildman–Crippen LogP) is 2.93. The molecule has 1 aliphatic rings. The van der Waals surface area contributed by atoms with Gasteiger partial charge in [-0.1, -0.05) is 0 Å². The number of rotatable bonds is 3. The molecular weight excluding hydrogens is 216 g/mol. The van der Waals surface area contributed by atoms with E-state index >= 15 is 0 Å². The molecule has 3 heteroatoms. The van der Waals surface area contributed by atoms with Crippen molar-refractivity contribution in [2.45, 2.75) is 31.6 Å². The molecule has 1 saturated carbocycles. The molecule has 1 aromatic carbocycles. The maximum atomic E-state index is 11.3. The van der Waals surface area contributed by atoms with E-state index in [9.17, 15) is 4.79 Å². The minimum Gasteiger partial charge on any atom is -0.497 e. The van der Waals surface area contributed by atoms with E-state index in [-0.39, 0.29) is 0 Å². The van der Waals surface area contributed by atoms with Crippen LogP contribution in [0.4, 0.5) is 0 Å². The molecular formula is C14H18O3. The van der Waals surface area contributed by atoms with Gasteiger partial charge >= 0.3 is 0 Å². The first-order valence-electron chi connectivity index (χ1n) is 5.98. The molecule has 0 unspecified atom stereocenters. The van der Waals surface area contributed by atoms with Crippen molar-refractivity contribution in [2.75, 3.05) is 14.2 Å². The standard InChI is InChI=1S/C14H18O3/c1-16-12-7-8-14(17-2)13(9-12)10-3-5-11(15)6-4-10/h7-10H,3-6H2,1-2H3. The number of Topliss-reactive ketones (excluding diaryl/α,β-unsaturated/α-hetero) is 1. The Labute approximate surface area is 102 Å². The van der Waals surface area contributed by atoms with Crippen molar-refractivity contribution in [3.63, 3.8) is 0 Å². The molecule has 2 rings (SSSR count). The van der Waals surface area contributed by atoms with Crippen LogP contribution in [0.15, 0.2) is 18.2 Å². The van der Waals surface area contributed by atoms with Gasteiger partial charge in [-0.2, -0.15) is 0 Å². The Bertz CT molecular complexity index is 402. The van der Waals surface area contributed by atoms with Crippen LogP contribution >= 0.6 is 0 Å². The molecule has 0 saturated heterocycles. The summed E-state index contributed by atoms with van der Waals surface area (Å²) in [4.78, 5) is 11.3. The lowest BCUT2D eigenvalue weighted by atomic mass is 9.83. The van der Waals surface area contributed by atoms with Crippen LogP contribution in [0.1, 0.15) is 37.2 Å². The van der Waals surface area contributed by atoms with Crippen LogP contribution in [0.3, 0.4) is 0 Å². The minimum absolute atomic E-state index is 0.378. The maximum Gasteiger partial charge on any atom is 0.132 e. The second-order valence-corrected chi connectivity index (χ2v) is 4.42. The zero-order valence-electron chi connectivity index (χ0n) is 10.4. The van der Waals surface area contributed by atoms with Gasteiger partial charge in [0.05, 0.1) is 14.2 Å². The van der Waals surface area contributed by atoms with Gasteiger partial charge in [0.15, 0.2) is 0 Å². The van der Waals surface area contributed by atoms with E-state index in [4.69, 9.17) is 9.47 Å². The van der Waals surface area contributed by atoms with Crippen LogP contribution in [0, 0.1) is 0 Å². The Balaban J connectivity index is 2.25. The summed E-state index contributed by atoms with van der Waals surface area (Å²) in [5, 5.41) is 0. The Morgan fingerprint density at radius 2 is 1.82 bits per heavy atom. The summed E-state index contributed by atoms with van der Waals surface area (Å²) in [5.41, 5.74) is 1.17. The fourth-order valence-electron chi connectivity index (χ4n) is 2.41. The molecule has 0 spiro atoms. The van der Waals surface area contributed by atoms with Crippen molar-refractivity contribution in [1.82, 2.24) is 0 Å². The molecule has 0 heterocycles. The van der Waals surface area contributed by atoms with Crippen molar-refractivity contribution in [3.05, 3.63) is 23.8 Å². The van der Waals surface area contributed by atoms with E-state index in [1.807, 2.05) is 18.2 Å². The van der Waals surface area contributed by atoms with Crippen molar-refractivity contribution in [3.8, 4) is 11.5 Å². The summed E-state index contributed by atoms with van der Waals surface area (Å²) in [6.45, 7) is 0. The van der Waals surface area contributed by atoms with Gasteiger partial charge in [-0.3, -0.25) is 4.79 Å². The molecule has 0 aliphatic heterocycles. The van der Waals surface area contributed by atoms with E-state index in [1.165, 1.54) is 5.56 Å². The molecule has 0 aromatic heterocycles. The second kappa shape index (κ2) is 5.21. The van der Waals surface area contributed by atoms with E-state index in [1.54, 1.807) is 14.2 Å². The van der Waals surface area contributed by atoms with Crippen LogP contribution in [-0.4, -0.2) is 20.0 Å². The SMILES string of the molecule is COc1ccc(OC)c(C2CCC(=O)CC2)c1. The Morgan fingerprint density at radius 3 is 2.41 bits per heavy atom. The van der Waals surface area contributed by atoms with Crippen molar-refractivity contribution in [2.24, 2.45) is 0 Å². The lowest BCUT2D eigenvalue weighted by Gasteiger charge is -2.23. The molecule has 0 radical (unpaired) electrons. The summed E-state index contributed by atoms with van der Waals surface area (Å²) < 4.78 is 10.6. The van der Waals surface area contributed by atoms with Gasteiger partial charge in [0, 0.05) is 18.4 Å². The number of carbonyl (C=O) groups is 1. The molecule has 1 fully saturated rings. The summed E-state index contributed by atoms with van der Waals surface area (Å²) in [6.07, 6.45) is 3.21. The normalized spacial score (nSPS) is 16.9. The highest BCUT2D eigenvalue weighted by molar-refractivity contribution is 5.79. The average molecular weight is 234 g/mol. The Hall–Kier alpha value is -1.51.